The van der Waals surface area contributed by atoms with Crippen molar-refractivity contribution < 1.29 is 19.1 Å². The third kappa shape index (κ3) is 6.58. The molecule has 2 amide bonds. The Bertz CT molecular complexity index is 833. The molecule has 1 N–H and O–H groups in total. The molecule has 6 nitrogen and oxygen atoms in total. The van der Waals surface area contributed by atoms with E-state index >= 15 is 0 Å². The highest BCUT2D eigenvalue weighted by Gasteiger charge is 2.16. The van der Waals surface area contributed by atoms with E-state index in [0.29, 0.717) is 5.69 Å². The van der Waals surface area contributed by atoms with Crippen molar-refractivity contribution in [2.24, 2.45) is 0 Å². The van der Waals surface area contributed by atoms with Crippen LogP contribution in [0.1, 0.15) is 15.9 Å². The van der Waals surface area contributed by atoms with Crippen molar-refractivity contribution in [1.82, 2.24) is 4.90 Å². The molecular formula is C19H18Cl2N2O4. The summed E-state index contributed by atoms with van der Waals surface area (Å²) in [5, 5.41) is 3.25. The van der Waals surface area contributed by atoms with E-state index in [4.69, 9.17) is 27.9 Å². The average molecular weight is 409 g/mol. The summed E-state index contributed by atoms with van der Waals surface area (Å²) in [6.45, 7) is 1.27. The number of ether oxygens (including phenoxy) is 1. The molecule has 0 spiro atoms. The number of rotatable bonds is 6. The molecule has 0 aliphatic rings. The zero-order valence-electron chi connectivity index (χ0n) is 14.8. The summed E-state index contributed by atoms with van der Waals surface area (Å²) in [6, 6.07) is 11.5. The van der Waals surface area contributed by atoms with Gasteiger partial charge in [0.25, 0.3) is 5.91 Å². The maximum absolute atomic E-state index is 12.1. The molecule has 8 heteroatoms. The molecule has 0 aromatic heterocycles. The average Bonchev–Trinajstić information content (AvgIpc) is 2.60. The number of anilines is 1. The Morgan fingerprint density at radius 3 is 2.22 bits per heavy atom. The molecule has 0 unspecified atom stereocenters. The van der Waals surface area contributed by atoms with Crippen LogP contribution in [0.5, 0.6) is 0 Å². The fraction of sp³-hybridized carbons (Fsp3) is 0.211. The Hall–Kier alpha value is -2.57. The largest absolute Gasteiger partial charge is 0.452 e. The van der Waals surface area contributed by atoms with Crippen LogP contribution in [-0.2, 0) is 14.3 Å². The maximum atomic E-state index is 12.1. The second kappa shape index (κ2) is 9.39. The van der Waals surface area contributed by atoms with Crippen LogP contribution < -0.4 is 5.32 Å². The Kier molecular flexibility index (Phi) is 7.21. The molecule has 27 heavy (non-hydrogen) atoms. The van der Waals surface area contributed by atoms with Crippen molar-refractivity contribution >= 4 is 46.7 Å². The lowest BCUT2D eigenvalue weighted by molar-refractivity contribution is -0.136. The van der Waals surface area contributed by atoms with Crippen LogP contribution in [0.3, 0.4) is 0 Å². The topological polar surface area (TPSA) is 75.7 Å². The van der Waals surface area contributed by atoms with E-state index in [-0.39, 0.29) is 28.1 Å². The second-order valence-electron chi connectivity index (χ2n) is 5.90. The van der Waals surface area contributed by atoms with Gasteiger partial charge < -0.3 is 15.0 Å². The van der Waals surface area contributed by atoms with Crippen LogP contribution in [-0.4, -0.2) is 42.9 Å². The standard InChI is InChI=1S/C19H18Cl2N2O4/c1-12-3-5-16(6-4-12)22-17(24)10-23(2)18(25)11-27-19(26)13-7-14(20)9-15(21)8-13/h3-9H,10-11H2,1-2H3,(H,22,24). The Balaban J connectivity index is 1.83. The zero-order valence-corrected chi connectivity index (χ0v) is 16.3. The van der Waals surface area contributed by atoms with Gasteiger partial charge in [-0.3, -0.25) is 9.59 Å². The molecule has 0 aliphatic carbocycles. The number of benzene rings is 2. The van der Waals surface area contributed by atoms with Gasteiger partial charge in [-0.1, -0.05) is 40.9 Å². The SMILES string of the molecule is Cc1ccc(NC(=O)CN(C)C(=O)COC(=O)c2cc(Cl)cc(Cl)c2)cc1. The summed E-state index contributed by atoms with van der Waals surface area (Å²) in [5.41, 5.74) is 1.85. The molecule has 0 fully saturated rings. The molecular weight excluding hydrogens is 391 g/mol. The first kappa shape index (κ1) is 20.7. The van der Waals surface area contributed by atoms with Gasteiger partial charge in [0, 0.05) is 22.8 Å². The molecule has 0 heterocycles. The zero-order chi connectivity index (χ0) is 20.0. The highest BCUT2D eigenvalue weighted by Crippen LogP contribution is 2.19. The number of halogens is 2. The molecule has 2 aromatic rings. The number of esters is 1. The van der Waals surface area contributed by atoms with Gasteiger partial charge in [0.1, 0.15) is 0 Å². The molecule has 0 atom stereocenters. The van der Waals surface area contributed by atoms with E-state index in [0.717, 1.165) is 5.56 Å². The first-order chi connectivity index (χ1) is 12.7. The van der Waals surface area contributed by atoms with Gasteiger partial charge in [-0.05, 0) is 37.3 Å². The predicted octanol–water partition coefficient (Wildman–Crippen LogP) is 3.56. The smallest absolute Gasteiger partial charge is 0.338 e. The summed E-state index contributed by atoms with van der Waals surface area (Å²) in [7, 11) is 1.45. The fourth-order valence-electron chi connectivity index (χ4n) is 2.13. The Labute approximate surface area is 167 Å². The van der Waals surface area contributed by atoms with Crippen LogP contribution in [0.2, 0.25) is 10.0 Å². The van der Waals surface area contributed by atoms with E-state index in [1.165, 1.54) is 30.1 Å². The van der Waals surface area contributed by atoms with Crippen LogP contribution in [0.4, 0.5) is 5.69 Å². The highest BCUT2D eigenvalue weighted by atomic mass is 35.5. The Morgan fingerprint density at radius 1 is 1.04 bits per heavy atom. The van der Waals surface area contributed by atoms with E-state index in [1.54, 1.807) is 12.1 Å². The summed E-state index contributed by atoms with van der Waals surface area (Å²) >= 11 is 11.7. The third-order valence-corrected chi connectivity index (χ3v) is 4.00. The maximum Gasteiger partial charge on any atom is 0.338 e. The van der Waals surface area contributed by atoms with Gasteiger partial charge in [-0.25, -0.2) is 4.79 Å². The molecule has 2 rings (SSSR count). The summed E-state index contributed by atoms with van der Waals surface area (Å²) in [6.07, 6.45) is 0. The van der Waals surface area contributed by atoms with Crippen molar-refractivity contribution in [2.45, 2.75) is 6.92 Å². The number of amides is 2. The molecule has 0 radical (unpaired) electrons. The minimum Gasteiger partial charge on any atom is -0.452 e. The van der Waals surface area contributed by atoms with Gasteiger partial charge >= 0.3 is 5.97 Å². The third-order valence-electron chi connectivity index (χ3n) is 3.57. The lowest BCUT2D eigenvalue weighted by Gasteiger charge is -2.17. The van der Waals surface area contributed by atoms with Gasteiger partial charge in [0.05, 0.1) is 12.1 Å². The first-order valence-corrected chi connectivity index (χ1v) is 8.74. The molecule has 2 aromatic carbocycles. The van der Waals surface area contributed by atoms with E-state index in [9.17, 15) is 14.4 Å². The van der Waals surface area contributed by atoms with Crippen molar-refractivity contribution in [3.05, 3.63) is 63.6 Å². The number of nitrogens with zero attached hydrogens (tertiary/aromatic N) is 1. The van der Waals surface area contributed by atoms with Gasteiger partial charge in [0.15, 0.2) is 6.61 Å². The molecule has 0 saturated carbocycles. The quantitative estimate of drug-likeness (QED) is 0.741. The highest BCUT2D eigenvalue weighted by molar-refractivity contribution is 6.35. The van der Waals surface area contributed by atoms with Gasteiger partial charge in [0.2, 0.25) is 5.91 Å². The van der Waals surface area contributed by atoms with Crippen molar-refractivity contribution in [3.8, 4) is 0 Å². The van der Waals surface area contributed by atoms with E-state index in [2.05, 4.69) is 5.32 Å². The number of aryl methyl sites for hydroxylation is 1. The van der Waals surface area contributed by atoms with E-state index in [1.807, 2.05) is 19.1 Å². The van der Waals surface area contributed by atoms with Crippen molar-refractivity contribution in [3.63, 3.8) is 0 Å². The minimum atomic E-state index is -0.731. The van der Waals surface area contributed by atoms with Crippen LogP contribution >= 0.6 is 23.2 Å². The normalized spacial score (nSPS) is 10.2. The monoisotopic (exact) mass is 408 g/mol. The second-order valence-corrected chi connectivity index (χ2v) is 6.77. The van der Waals surface area contributed by atoms with Gasteiger partial charge in [-0.15, -0.1) is 0 Å². The number of likely N-dealkylation sites (N-methyl/N-ethyl adjacent to an activating group) is 1. The molecule has 142 valence electrons. The lowest BCUT2D eigenvalue weighted by atomic mass is 10.2. The predicted molar refractivity (Wildman–Crippen MR) is 104 cm³/mol. The number of carbonyl (C=O) groups excluding carboxylic acids is 3. The number of hydrogen-bond acceptors (Lipinski definition) is 4. The molecule has 0 saturated heterocycles. The number of carbonyl (C=O) groups is 3. The first-order valence-electron chi connectivity index (χ1n) is 7.98. The minimum absolute atomic E-state index is 0.139. The lowest BCUT2D eigenvalue weighted by Crippen LogP contribution is -2.37. The van der Waals surface area contributed by atoms with Crippen LogP contribution in [0, 0.1) is 6.92 Å². The summed E-state index contributed by atoms with van der Waals surface area (Å²) in [5.74, 6) is -1.61. The van der Waals surface area contributed by atoms with Crippen molar-refractivity contribution in [2.75, 3.05) is 25.5 Å². The van der Waals surface area contributed by atoms with E-state index < -0.39 is 18.5 Å². The Morgan fingerprint density at radius 2 is 1.63 bits per heavy atom. The van der Waals surface area contributed by atoms with Crippen LogP contribution in [0.15, 0.2) is 42.5 Å². The van der Waals surface area contributed by atoms with Crippen molar-refractivity contribution in [1.29, 1.82) is 0 Å². The molecule has 0 aliphatic heterocycles. The molecule has 0 bridgehead atoms. The summed E-state index contributed by atoms with van der Waals surface area (Å²) in [4.78, 5) is 37.2. The van der Waals surface area contributed by atoms with Crippen LogP contribution in [0.25, 0.3) is 0 Å². The number of nitrogens with one attached hydrogen (secondary N) is 1. The number of hydrogen-bond donors (Lipinski definition) is 1. The summed E-state index contributed by atoms with van der Waals surface area (Å²) < 4.78 is 4.95. The van der Waals surface area contributed by atoms with Gasteiger partial charge in [-0.2, -0.15) is 0 Å². The fourth-order valence-corrected chi connectivity index (χ4v) is 2.66.